The molecule has 0 unspecified atom stereocenters. The van der Waals surface area contributed by atoms with Crippen molar-refractivity contribution in [1.82, 2.24) is 15.6 Å². The highest BCUT2D eigenvalue weighted by Gasteiger charge is 2.36. The number of aromatic nitrogens is 1. The largest absolute Gasteiger partial charge is 0.351 e. The molecule has 0 spiro atoms. The van der Waals surface area contributed by atoms with E-state index in [1.807, 2.05) is 24.4 Å². The summed E-state index contributed by atoms with van der Waals surface area (Å²) in [5.41, 5.74) is 2.64. The van der Waals surface area contributed by atoms with Crippen LogP contribution in [0.15, 0.2) is 42.6 Å². The molecule has 24 heavy (non-hydrogen) atoms. The highest BCUT2D eigenvalue weighted by Crippen LogP contribution is 2.33. The van der Waals surface area contributed by atoms with Crippen LogP contribution in [0.2, 0.25) is 5.02 Å². The Bertz CT molecular complexity index is 726. The Labute approximate surface area is 147 Å². The fraction of sp³-hybridized carbons (Fsp3) is 0.368. The maximum Gasteiger partial charge on any atom is 0.252 e. The SMILES string of the molecule is Cc1cccnc1C1(CNC(=O)c2ccccc2Cl)CCNCC1. The Balaban J connectivity index is 1.82. The molecule has 2 N–H and O–H groups in total. The van der Waals surface area contributed by atoms with E-state index in [9.17, 15) is 4.79 Å². The number of nitrogens with one attached hydrogen (secondary N) is 2. The number of nitrogens with zero attached hydrogens (tertiary/aromatic N) is 1. The van der Waals surface area contributed by atoms with E-state index >= 15 is 0 Å². The Kier molecular flexibility index (Phi) is 5.17. The van der Waals surface area contributed by atoms with E-state index in [1.54, 1.807) is 12.1 Å². The van der Waals surface area contributed by atoms with E-state index in [1.165, 1.54) is 5.56 Å². The van der Waals surface area contributed by atoms with Crippen molar-refractivity contribution in [1.29, 1.82) is 0 Å². The highest BCUT2D eigenvalue weighted by atomic mass is 35.5. The second-order valence-electron chi connectivity index (χ2n) is 6.36. The number of carbonyl (C=O) groups excluding carboxylic acids is 1. The predicted octanol–water partition coefficient (Wildman–Crippen LogP) is 3.09. The van der Waals surface area contributed by atoms with Gasteiger partial charge in [0.15, 0.2) is 0 Å². The van der Waals surface area contributed by atoms with Gasteiger partial charge in [-0.3, -0.25) is 9.78 Å². The average Bonchev–Trinajstić information content (AvgIpc) is 2.61. The third-order valence-corrected chi connectivity index (χ3v) is 5.11. The van der Waals surface area contributed by atoms with Crippen molar-refractivity contribution in [3.8, 4) is 0 Å². The number of hydrogen-bond acceptors (Lipinski definition) is 3. The van der Waals surface area contributed by atoms with Crippen LogP contribution in [0.3, 0.4) is 0 Å². The first-order valence-electron chi connectivity index (χ1n) is 8.28. The molecule has 1 aliphatic rings. The second kappa shape index (κ2) is 7.32. The van der Waals surface area contributed by atoms with E-state index in [0.717, 1.165) is 31.6 Å². The summed E-state index contributed by atoms with van der Waals surface area (Å²) in [5, 5.41) is 6.96. The topological polar surface area (TPSA) is 54.0 Å². The molecule has 2 heterocycles. The molecule has 0 atom stereocenters. The molecule has 3 rings (SSSR count). The summed E-state index contributed by atoms with van der Waals surface area (Å²) in [5.74, 6) is -0.132. The smallest absolute Gasteiger partial charge is 0.252 e. The maximum absolute atomic E-state index is 12.5. The van der Waals surface area contributed by atoms with Gasteiger partial charge in [-0.05, 0) is 56.6 Å². The number of amides is 1. The Morgan fingerprint density at radius 3 is 2.71 bits per heavy atom. The van der Waals surface area contributed by atoms with E-state index in [4.69, 9.17) is 11.6 Å². The van der Waals surface area contributed by atoms with Gasteiger partial charge in [-0.15, -0.1) is 0 Å². The molecule has 1 aliphatic heterocycles. The van der Waals surface area contributed by atoms with Crippen molar-refractivity contribution in [2.24, 2.45) is 0 Å². The first-order chi connectivity index (χ1) is 11.6. The van der Waals surface area contributed by atoms with E-state index in [0.29, 0.717) is 17.1 Å². The molecule has 5 heteroatoms. The highest BCUT2D eigenvalue weighted by molar-refractivity contribution is 6.33. The van der Waals surface area contributed by atoms with Gasteiger partial charge in [0.1, 0.15) is 0 Å². The number of halogens is 1. The summed E-state index contributed by atoms with van der Waals surface area (Å²) in [7, 11) is 0. The summed E-state index contributed by atoms with van der Waals surface area (Å²) < 4.78 is 0. The minimum absolute atomic E-state index is 0.131. The van der Waals surface area contributed by atoms with Crippen molar-refractivity contribution in [3.05, 3.63) is 64.4 Å². The number of pyridine rings is 1. The van der Waals surface area contributed by atoms with E-state index < -0.39 is 0 Å². The van der Waals surface area contributed by atoms with Crippen LogP contribution in [-0.2, 0) is 5.41 Å². The summed E-state index contributed by atoms with van der Waals surface area (Å²) in [6.07, 6.45) is 3.74. The van der Waals surface area contributed by atoms with Crippen LogP contribution in [0.4, 0.5) is 0 Å². The first-order valence-corrected chi connectivity index (χ1v) is 8.66. The zero-order chi connectivity index (χ0) is 17.0. The summed E-state index contributed by atoms with van der Waals surface area (Å²) in [4.78, 5) is 17.2. The lowest BCUT2D eigenvalue weighted by atomic mass is 9.74. The molecule has 4 nitrogen and oxygen atoms in total. The molecule has 0 aliphatic carbocycles. The summed E-state index contributed by atoms with van der Waals surface area (Å²) in [6, 6.07) is 11.2. The molecule has 0 bridgehead atoms. The number of piperidine rings is 1. The standard InChI is InChI=1S/C19H22ClN3O/c1-14-5-4-10-22-17(14)19(8-11-21-12-9-19)13-23-18(24)15-6-2-3-7-16(15)20/h2-7,10,21H,8-9,11-13H2,1H3,(H,23,24). The van der Waals surface area contributed by atoms with Crippen molar-refractivity contribution >= 4 is 17.5 Å². The fourth-order valence-corrected chi connectivity index (χ4v) is 3.66. The lowest BCUT2D eigenvalue weighted by molar-refractivity contribution is 0.0937. The van der Waals surface area contributed by atoms with Gasteiger partial charge in [0, 0.05) is 18.2 Å². The second-order valence-corrected chi connectivity index (χ2v) is 6.77. The Hall–Kier alpha value is -1.91. The molecular weight excluding hydrogens is 322 g/mol. The fourth-order valence-electron chi connectivity index (χ4n) is 3.43. The van der Waals surface area contributed by atoms with Gasteiger partial charge in [0.2, 0.25) is 0 Å². The number of carbonyl (C=O) groups is 1. The zero-order valence-corrected chi connectivity index (χ0v) is 14.6. The van der Waals surface area contributed by atoms with Crippen molar-refractivity contribution in [2.75, 3.05) is 19.6 Å². The molecule has 1 saturated heterocycles. The third-order valence-electron chi connectivity index (χ3n) is 4.78. The van der Waals surface area contributed by atoms with Crippen molar-refractivity contribution in [2.45, 2.75) is 25.2 Å². The van der Waals surface area contributed by atoms with Gasteiger partial charge in [0.25, 0.3) is 5.91 Å². The van der Waals surface area contributed by atoms with Crippen molar-refractivity contribution in [3.63, 3.8) is 0 Å². The summed E-state index contributed by atoms with van der Waals surface area (Å²) in [6.45, 7) is 4.51. The van der Waals surface area contributed by atoms with Crippen LogP contribution >= 0.6 is 11.6 Å². The quantitative estimate of drug-likeness (QED) is 0.897. The third kappa shape index (κ3) is 3.45. The molecule has 1 aromatic carbocycles. The van der Waals surface area contributed by atoms with Crippen LogP contribution in [0.25, 0.3) is 0 Å². The first kappa shape index (κ1) is 16.9. The number of rotatable bonds is 4. The summed E-state index contributed by atoms with van der Waals surface area (Å²) >= 11 is 6.13. The molecule has 126 valence electrons. The average molecular weight is 344 g/mol. The molecule has 1 aromatic heterocycles. The zero-order valence-electron chi connectivity index (χ0n) is 13.8. The van der Waals surface area contributed by atoms with Crippen LogP contribution < -0.4 is 10.6 Å². The predicted molar refractivity (Wildman–Crippen MR) is 96.5 cm³/mol. The molecule has 2 aromatic rings. The minimum atomic E-state index is -0.132. The minimum Gasteiger partial charge on any atom is -0.351 e. The Morgan fingerprint density at radius 1 is 1.25 bits per heavy atom. The van der Waals surface area contributed by atoms with Crippen LogP contribution in [0.5, 0.6) is 0 Å². The Morgan fingerprint density at radius 2 is 2.00 bits per heavy atom. The molecule has 0 saturated carbocycles. The number of aryl methyl sites for hydroxylation is 1. The molecule has 1 amide bonds. The van der Waals surface area contributed by atoms with Gasteiger partial charge in [-0.1, -0.05) is 29.8 Å². The van der Waals surface area contributed by atoms with Gasteiger partial charge in [0.05, 0.1) is 16.3 Å². The van der Waals surface area contributed by atoms with Crippen LogP contribution in [0, 0.1) is 6.92 Å². The maximum atomic E-state index is 12.5. The van der Waals surface area contributed by atoms with Crippen molar-refractivity contribution < 1.29 is 4.79 Å². The van der Waals surface area contributed by atoms with Gasteiger partial charge in [-0.2, -0.15) is 0 Å². The molecule has 0 radical (unpaired) electrons. The number of hydrogen-bond donors (Lipinski definition) is 2. The van der Waals surface area contributed by atoms with Gasteiger partial charge in [-0.25, -0.2) is 0 Å². The molecule has 1 fully saturated rings. The van der Waals surface area contributed by atoms with Gasteiger partial charge >= 0.3 is 0 Å². The normalized spacial score (nSPS) is 16.6. The lowest BCUT2D eigenvalue weighted by Crippen LogP contribution is -2.48. The monoisotopic (exact) mass is 343 g/mol. The number of benzene rings is 1. The van der Waals surface area contributed by atoms with Crippen LogP contribution in [-0.4, -0.2) is 30.5 Å². The van der Waals surface area contributed by atoms with Gasteiger partial charge < -0.3 is 10.6 Å². The van der Waals surface area contributed by atoms with Crippen LogP contribution in [0.1, 0.15) is 34.5 Å². The van der Waals surface area contributed by atoms with E-state index in [2.05, 4.69) is 28.6 Å². The molecular formula is C19H22ClN3O. The van der Waals surface area contributed by atoms with E-state index in [-0.39, 0.29) is 11.3 Å². The lowest BCUT2D eigenvalue weighted by Gasteiger charge is -2.38.